The molecule has 4 atom stereocenters. The molecule has 33 heavy (non-hydrogen) atoms. The Hall–Kier alpha value is -3.23. The second-order valence-corrected chi connectivity index (χ2v) is 8.67. The van der Waals surface area contributed by atoms with Gasteiger partial charge in [0.15, 0.2) is 0 Å². The summed E-state index contributed by atoms with van der Waals surface area (Å²) in [6.45, 7) is 3.27. The van der Waals surface area contributed by atoms with Gasteiger partial charge in [0.05, 0.1) is 17.8 Å². The van der Waals surface area contributed by atoms with E-state index in [0.717, 1.165) is 43.9 Å². The third kappa shape index (κ3) is 5.97. The van der Waals surface area contributed by atoms with Crippen LogP contribution >= 0.6 is 0 Å². The van der Waals surface area contributed by atoms with E-state index in [2.05, 4.69) is 33.2 Å². The molecule has 1 aliphatic carbocycles. The quantitative estimate of drug-likeness (QED) is 0.557. The molecule has 1 saturated heterocycles. The number of carboxylic acid groups (broad SMARTS) is 1. The normalized spacial score (nSPS) is 24.4. The summed E-state index contributed by atoms with van der Waals surface area (Å²) in [5.74, 6) is 2.06. The Labute approximate surface area is 193 Å². The van der Waals surface area contributed by atoms with Gasteiger partial charge in [0.25, 0.3) is 6.47 Å². The monoisotopic (exact) mass is 450 g/mol. The van der Waals surface area contributed by atoms with E-state index >= 15 is 0 Å². The summed E-state index contributed by atoms with van der Waals surface area (Å²) in [6.07, 6.45) is 7.10. The van der Waals surface area contributed by atoms with Gasteiger partial charge in [-0.15, -0.1) is 0 Å². The van der Waals surface area contributed by atoms with Gasteiger partial charge >= 0.3 is 0 Å². The van der Waals surface area contributed by atoms with E-state index in [-0.39, 0.29) is 18.6 Å². The molecular formula is C25H30N4O4. The lowest BCUT2D eigenvalue weighted by molar-refractivity contribution is -0.122. The van der Waals surface area contributed by atoms with E-state index in [4.69, 9.17) is 14.6 Å². The van der Waals surface area contributed by atoms with Crippen LogP contribution < -0.4 is 4.74 Å². The van der Waals surface area contributed by atoms with E-state index < -0.39 is 0 Å². The number of ether oxygens (including phenoxy) is 1. The zero-order valence-electron chi connectivity index (χ0n) is 18.5. The van der Waals surface area contributed by atoms with Crippen molar-refractivity contribution in [3.63, 3.8) is 0 Å². The highest BCUT2D eigenvalue weighted by atomic mass is 16.5. The molecule has 8 heteroatoms. The van der Waals surface area contributed by atoms with Crippen molar-refractivity contribution in [3.8, 4) is 5.75 Å². The molecule has 174 valence electrons. The first-order chi connectivity index (χ1) is 16.2. The van der Waals surface area contributed by atoms with Crippen molar-refractivity contribution in [1.29, 1.82) is 0 Å². The average Bonchev–Trinajstić information content (AvgIpc) is 3.48. The molecule has 3 heterocycles. The molecule has 1 aliphatic heterocycles. The molecule has 0 amide bonds. The SMILES string of the molecule is O=CO.O[C@@H]1C[C@H]2CN(Cc3cccc(OCc4ccccn4)c3)C[C@H]2C[C@H]1n1cccn1. The molecule has 5 rings (SSSR count). The Morgan fingerprint density at radius 1 is 1.06 bits per heavy atom. The molecule has 0 bridgehead atoms. The lowest BCUT2D eigenvalue weighted by Gasteiger charge is -2.35. The lowest BCUT2D eigenvalue weighted by Crippen LogP contribution is -2.36. The zero-order chi connectivity index (χ0) is 23.0. The number of aromatic nitrogens is 3. The van der Waals surface area contributed by atoms with Gasteiger partial charge in [0.1, 0.15) is 12.4 Å². The fraction of sp³-hybridized carbons (Fsp3) is 0.400. The third-order valence-corrected chi connectivity index (χ3v) is 6.47. The van der Waals surface area contributed by atoms with Crippen molar-refractivity contribution in [3.05, 3.63) is 78.4 Å². The predicted molar refractivity (Wildman–Crippen MR) is 122 cm³/mol. The van der Waals surface area contributed by atoms with E-state index in [9.17, 15) is 5.11 Å². The number of hydrogen-bond donors (Lipinski definition) is 2. The van der Waals surface area contributed by atoms with Gasteiger partial charge in [0, 0.05) is 38.2 Å². The van der Waals surface area contributed by atoms with Crippen LogP contribution in [0.4, 0.5) is 0 Å². The fourth-order valence-electron chi connectivity index (χ4n) is 5.03. The Morgan fingerprint density at radius 3 is 2.61 bits per heavy atom. The van der Waals surface area contributed by atoms with Crippen LogP contribution in [0.2, 0.25) is 0 Å². The molecule has 0 unspecified atom stereocenters. The summed E-state index contributed by atoms with van der Waals surface area (Å²) in [6, 6.07) is 16.2. The molecular weight excluding hydrogens is 420 g/mol. The number of rotatable bonds is 6. The molecule has 2 N–H and O–H groups in total. The van der Waals surface area contributed by atoms with Crippen molar-refractivity contribution < 1.29 is 19.7 Å². The number of pyridine rings is 1. The number of nitrogens with zero attached hydrogens (tertiary/aromatic N) is 4. The largest absolute Gasteiger partial charge is 0.487 e. The highest BCUT2D eigenvalue weighted by molar-refractivity contribution is 5.32. The van der Waals surface area contributed by atoms with Crippen LogP contribution in [-0.4, -0.2) is 55.5 Å². The molecule has 1 saturated carbocycles. The molecule has 8 nitrogen and oxygen atoms in total. The highest BCUT2D eigenvalue weighted by Gasteiger charge is 2.42. The first kappa shape index (κ1) is 22.9. The maximum Gasteiger partial charge on any atom is 0.290 e. The minimum Gasteiger partial charge on any atom is -0.487 e. The van der Waals surface area contributed by atoms with Crippen LogP contribution in [0.5, 0.6) is 5.75 Å². The number of hydrogen-bond acceptors (Lipinski definition) is 6. The zero-order valence-corrected chi connectivity index (χ0v) is 18.5. The minimum absolute atomic E-state index is 0.101. The Balaban J connectivity index is 0.000000821. The first-order valence-electron chi connectivity index (χ1n) is 11.2. The minimum atomic E-state index is -0.311. The molecule has 2 aliphatic rings. The fourth-order valence-corrected chi connectivity index (χ4v) is 5.03. The number of benzene rings is 1. The van der Waals surface area contributed by atoms with Crippen molar-refractivity contribution in [1.82, 2.24) is 19.7 Å². The summed E-state index contributed by atoms with van der Waals surface area (Å²) in [7, 11) is 0. The second kappa shape index (κ2) is 11.1. The maximum absolute atomic E-state index is 10.7. The van der Waals surface area contributed by atoms with Crippen molar-refractivity contribution in [2.45, 2.75) is 38.1 Å². The molecule has 1 aromatic carbocycles. The van der Waals surface area contributed by atoms with Gasteiger partial charge in [-0.1, -0.05) is 18.2 Å². The molecule has 2 aromatic heterocycles. The number of likely N-dealkylation sites (tertiary alicyclic amines) is 1. The Morgan fingerprint density at radius 2 is 1.88 bits per heavy atom. The van der Waals surface area contributed by atoms with Crippen LogP contribution in [0, 0.1) is 11.8 Å². The summed E-state index contributed by atoms with van der Waals surface area (Å²) in [5.41, 5.74) is 2.19. The topological polar surface area (TPSA) is 101 Å². The van der Waals surface area contributed by atoms with Gasteiger partial charge in [-0.2, -0.15) is 5.10 Å². The van der Waals surface area contributed by atoms with Gasteiger partial charge in [0.2, 0.25) is 0 Å². The average molecular weight is 451 g/mol. The number of aliphatic hydroxyl groups is 1. The summed E-state index contributed by atoms with van der Waals surface area (Å²) in [4.78, 5) is 15.2. The maximum atomic E-state index is 10.7. The van der Waals surface area contributed by atoms with Gasteiger partial charge in [-0.3, -0.25) is 19.4 Å². The molecule has 2 fully saturated rings. The van der Waals surface area contributed by atoms with Crippen LogP contribution in [0.1, 0.15) is 30.1 Å². The van der Waals surface area contributed by atoms with Crippen LogP contribution in [-0.2, 0) is 17.9 Å². The van der Waals surface area contributed by atoms with E-state index in [0.29, 0.717) is 18.4 Å². The lowest BCUT2D eigenvalue weighted by atomic mass is 9.77. The predicted octanol–water partition coefficient (Wildman–Crippen LogP) is 3.00. The second-order valence-electron chi connectivity index (χ2n) is 8.67. The number of fused-ring (bicyclic) bond motifs is 1. The first-order valence-corrected chi connectivity index (χ1v) is 11.2. The summed E-state index contributed by atoms with van der Waals surface area (Å²) < 4.78 is 7.87. The number of aliphatic hydroxyl groups excluding tert-OH is 1. The van der Waals surface area contributed by atoms with Crippen LogP contribution in [0.15, 0.2) is 67.1 Å². The summed E-state index contributed by atoms with van der Waals surface area (Å²) >= 11 is 0. The van der Waals surface area contributed by atoms with Crippen LogP contribution in [0.25, 0.3) is 0 Å². The standard InChI is InChI=1S/C24H28N4O2.CH2O2/c29-24-13-20-16-27(15-19(20)12-23(24)28-10-4-9-26-28)14-18-5-3-7-22(11-18)30-17-21-6-1-2-8-25-21;2-1-3/h1-11,19-20,23-24,29H,12-17H2;1H,(H,2,3)/t19-,20+,23-,24-;/m1./s1. The van der Waals surface area contributed by atoms with Gasteiger partial charge in [-0.25, -0.2) is 0 Å². The van der Waals surface area contributed by atoms with E-state index in [1.807, 2.05) is 41.2 Å². The molecule has 0 spiro atoms. The van der Waals surface area contributed by atoms with Gasteiger partial charge < -0.3 is 14.9 Å². The third-order valence-electron chi connectivity index (χ3n) is 6.47. The van der Waals surface area contributed by atoms with Gasteiger partial charge in [-0.05, 0) is 60.6 Å². The van der Waals surface area contributed by atoms with Crippen LogP contribution in [0.3, 0.4) is 0 Å². The highest BCUT2D eigenvalue weighted by Crippen LogP contribution is 2.41. The molecule has 0 radical (unpaired) electrons. The Kier molecular flexibility index (Phi) is 7.70. The van der Waals surface area contributed by atoms with Crippen molar-refractivity contribution in [2.24, 2.45) is 11.8 Å². The Bertz CT molecular complexity index is 999. The van der Waals surface area contributed by atoms with Crippen molar-refractivity contribution >= 4 is 6.47 Å². The van der Waals surface area contributed by atoms with E-state index in [1.54, 1.807) is 12.4 Å². The number of carbonyl (C=O) groups is 1. The summed E-state index contributed by atoms with van der Waals surface area (Å²) in [5, 5.41) is 21.9. The van der Waals surface area contributed by atoms with Crippen molar-refractivity contribution in [2.75, 3.05) is 13.1 Å². The smallest absolute Gasteiger partial charge is 0.290 e. The van der Waals surface area contributed by atoms with E-state index in [1.165, 1.54) is 5.56 Å². The molecule has 3 aromatic rings.